The zero-order valence-electron chi connectivity index (χ0n) is 11.4. The number of H-pyrrole nitrogens is 1. The Kier molecular flexibility index (Phi) is 4.06. The third-order valence-corrected chi connectivity index (χ3v) is 2.96. The lowest BCUT2D eigenvalue weighted by molar-refractivity contribution is 0.0948. The Labute approximate surface area is 112 Å². The van der Waals surface area contributed by atoms with Gasteiger partial charge in [0.15, 0.2) is 0 Å². The predicted octanol–water partition coefficient (Wildman–Crippen LogP) is 1.43. The summed E-state index contributed by atoms with van der Waals surface area (Å²) in [6.07, 6.45) is 0.936. The van der Waals surface area contributed by atoms with Crippen LogP contribution in [-0.4, -0.2) is 43.0 Å². The Morgan fingerprint density at radius 3 is 2.89 bits per heavy atom. The Bertz CT molecular complexity index is 574. The average molecular weight is 260 g/mol. The minimum Gasteiger partial charge on any atom is -0.399 e. The fourth-order valence-corrected chi connectivity index (χ4v) is 1.97. The summed E-state index contributed by atoms with van der Waals surface area (Å²) in [6.45, 7) is 1.64. The van der Waals surface area contributed by atoms with E-state index < -0.39 is 0 Å². The van der Waals surface area contributed by atoms with Crippen LogP contribution in [0.15, 0.2) is 24.3 Å². The van der Waals surface area contributed by atoms with Gasteiger partial charge in [-0.25, -0.2) is 0 Å². The molecule has 4 N–H and O–H groups in total. The summed E-state index contributed by atoms with van der Waals surface area (Å²) in [5.41, 5.74) is 7.91. The van der Waals surface area contributed by atoms with Crippen molar-refractivity contribution in [3.63, 3.8) is 0 Å². The maximum Gasteiger partial charge on any atom is 0.267 e. The fourth-order valence-electron chi connectivity index (χ4n) is 1.97. The molecule has 0 bridgehead atoms. The highest BCUT2D eigenvalue weighted by Gasteiger charge is 2.08. The van der Waals surface area contributed by atoms with E-state index in [4.69, 9.17) is 5.73 Å². The lowest BCUT2D eigenvalue weighted by Crippen LogP contribution is -2.27. The van der Waals surface area contributed by atoms with Gasteiger partial charge in [0.1, 0.15) is 5.69 Å². The zero-order chi connectivity index (χ0) is 13.8. The van der Waals surface area contributed by atoms with Gasteiger partial charge in [0.2, 0.25) is 0 Å². The molecule has 0 saturated heterocycles. The van der Waals surface area contributed by atoms with Crippen LogP contribution in [0, 0.1) is 0 Å². The van der Waals surface area contributed by atoms with Gasteiger partial charge >= 0.3 is 0 Å². The monoisotopic (exact) mass is 260 g/mol. The van der Waals surface area contributed by atoms with E-state index >= 15 is 0 Å². The molecule has 0 aliphatic carbocycles. The number of carbonyl (C=O) groups is 1. The summed E-state index contributed by atoms with van der Waals surface area (Å²) in [4.78, 5) is 17.1. The topological polar surface area (TPSA) is 74.2 Å². The van der Waals surface area contributed by atoms with Gasteiger partial charge in [-0.1, -0.05) is 0 Å². The maximum atomic E-state index is 12.0. The first-order valence-electron chi connectivity index (χ1n) is 6.37. The second kappa shape index (κ2) is 5.75. The van der Waals surface area contributed by atoms with Crippen molar-refractivity contribution in [3.05, 3.63) is 30.0 Å². The van der Waals surface area contributed by atoms with E-state index in [0.717, 1.165) is 23.9 Å². The minimum absolute atomic E-state index is 0.0754. The molecule has 5 heteroatoms. The predicted molar refractivity (Wildman–Crippen MR) is 78.2 cm³/mol. The first-order chi connectivity index (χ1) is 9.06. The summed E-state index contributed by atoms with van der Waals surface area (Å²) >= 11 is 0. The average Bonchev–Trinajstić information content (AvgIpc) is 2.77. The molecular weight excluding hydrogens is 240 g/mol. The lowest BCUT2D eigenvalue weighted by Gasteiger charge is -2.09. The largest absolute Gasteiger partial charge is 0.399 e. The molecule has 2 aromatic rings. The summed E-state index contributed by atoms with van der Waals surface area (Å²) in [5, 5.41) is 3.86. The normalized spacial score (nSPS) is 11.1. The maximum absolute atomic E-state index is 12.0. The Morgan fingerprint density at radius 1 is 1.37 bits per heavy atom. The van der Waals surface area contributed by atoms with Crippen molar-refractivity contribution >= 4 is 22.5 Å². The summed E-state index contributed by atoms with van der Waals surface area (Å²) in [6, 6.07) is 7.38. The summed E-state index contributed by atoms with van der Waals surface area (Å²) in [7, 11) is 4.04. The van der Waals surface area contributed by atoms with Gasteiger partial charge in [0.05, 0.1) is 0 Å². The number of nitrogen functional groups attached to an aromatic ring is 1. The van der Waals surface area contributed by atoms with Crippen LogP contribution < -0.4 is 11.1 Å². The molecule has 1 aromatic heterocycles. The van der Waals surface area contributed by atoms with Gasteiger partial charge in [-0.2, -0.15) is 0 Å². The number of nitrogens with one attached hydrogen (secondary N) is 2. The lowest BCUT2D eigenvalue weighted by atomic mass is 10.2. The number of aromatic nitrogens is 1. The van der Waals surface area contributed by atoms with Crippen LogP contribution in [0.25, 0.3) is 10.9 Å². The van der Waals surface area contributed by atoms with Crippen LogP contribution in [0.2, 0.25) is 0 Å². The van der Waals surface area contributed by atoms with E-state index in [0.29, 0.717) is 17.9 Å². The van der Waals surface area contributed by atoms with Crippen molar-refractivity contribution in [2.75, 3.05) is 32.9 Å². The third kappa shape index (κ3) is 3.48. The molecule has 0 aliphatic rings. The Balaban J connectivity index is 1.97. The number of benzene rings is 1. The van der Waals surface area contributed by atoms with Crippen LogP contribution in [0.4, 0.5) is 5.69 Å². The molecule has 0 saturated carbocycles. The number of fused-ring (bicyclic) bond motifs is 1. The molecule has 1 amide bonds. The standard InChI is InChI=1S/C14H20N4O/c1-18(2)7-3-6-16-14(19)13-9-10-8-11(15)4-5-12(10)17-13/h4-5,8-9,17H,3,6-7,15H2,1-2H3,(H,16,19). The Hall–Kier alpha value is -2.01. The third-order valence-electron chi connectivity index (χ3n) is 2.96. The zero-order valence-corrected chi connectivity index (χ0v) is 11.4. The molecular formula is C14H20N4O. The molecule has 5 nitrogen and oxygen atoms in total. The Morgan fingerprint density at radius 2 is 2.16 bits per heavy atom. The SMILES string of the molecule is CN(C)CCCNC(=O)c1cc2cc(N)ccc2[nH]1. The number of hydrogen-bond acceptors (Lipinski definition) is 3. The molecule has 1 aromatic carbocycles. The number of carbonyl (C=O) groups excluding carboxylic acids is 1. The minimum atomic E-state index is -0.0754. The molecule has 19 heavy (non-hydrogen) atoms. The van der Waals surface area contributed by atoms with Crippen LogP contribution in [0.1, 0.15) is 16.9 Å². The summed E-state index contributed by atoms with van der Waals surface area (Å²) < 4.78 is 0. The van der Waals surface area contributed by atoms with Gasteiger partial charge in [-0.05, 0) is 51.3 Å². The highest BCUT2D eigenvalue weighted by Crippen LogP contribution is 2.18. The number of hydrogen-bond donors (Lipinski definition) is 3. The van der Waals surface area contributed by atoms with Crippen molar-refractivity contribution in [3.8, 4) is 0 Å². The highest BCUT2D eigenvalue weighted by molar-refractivity contribution is 5.98. The molecule has 102 valence electrons. The van der Waals surface area contributed by atoms with E-state index in [1.165, 1.54) is 0 Å². The van der Waals surface area contributed by atoms with Gasteiger partial charge in [-0.15, -0.1) is 0 Å². The van der Waals surface area contributed by atoms with E-state index in [9.17, 15) is 4.79 Å². The van der Waals surface area contributed by atoms with E-state index in [-0.39, 0.29) is 5.91 Å². The molecule has 0 atom stereocenters. The van der Waals surface area contributed by atoms with Gasteiger partial charge < -0.3 is 20.9 Å². The fraction of sp³-hybridized carbons (Fsp3) is 0.357. The number of aromatic amines is 1. The van der Waals surface area contributed by atoms with E-state index in [1.54, 1.807) is 0 Å². The van der Waals surface area contributed by atoms with Gasteiger partial charge in [0.25, 0.3) is 5.91 Å². The van der Waals surface area contributed by atoms with Gasteiger partial charge in [0, 0.05) is 23.1 Å². The first-order valence-corrected chi connectivity index (χ1v) is 6.37. The van der Waals surface area contributed by atoms with Crippen molar-refractivity contribution in [1.29, 1.82) is 0 Å². The van der Waals surface area contributed by atoms with Crippen molar-refractivity contribution < 1.29 is 4.79 Å². The van der Waals surface area contributed by atoms with E-state index in [2.05, 4.69) is 15.2 Å². The number of nitrogens with two attached hydrogens (primary N) is 1. The molecule has 0 spiro atoms. The number of rotatable bonds is 5. The van der Waals surface area contributed by atoms with E-state index in [1.807, 2.05) is 38.4 Å². The van der Waals surface area contributed by atoms with Crippen LogP contribution >= 0.6 is 0 Å². The van der Waals surface area contributed by atoms with Crippen LogP contribution in [0.5, 0.6) is 0 Å². The molecule has 0 radical (unpaired) electrons. The molecule has 0 fully saturated rings. The second-order valence-electron chi connectivity index (χ2n) is 4.94. The second-order valence-corrected chi connectivity index (χ2v) is 4.94. The quantitative estimate of drug-likeness (QED) is 0.562. The first kappa shape index (κ1) is 13.4. The van der Waals surface area contributed by atoms with Crippen LogP contribution in [0.3, 0.4) is 0 Å². The van der Waals surface area contributed by atoms with Crippen LogP contribution in [-0.2, 0) is 0 Å². The molecule has 0 aliphatic heterocycles. The smallest absolute Gasteiger partial charge is 0.267 e. The molecule has 2 rings (SSSR count). The van der Waals surface area contributed by atoms with Crippen molar-refractivity contribution in [1.82, 2.24) is 15.2 Å². The molecule has 1 heterocycles. The summed E-state index contributed by atoms with van der Waals surface area (Å²) in [5.74, 6) is -0.0754. The molecule has 0 unspecified atom stereocenters. The number of anilines is 1. The number of amides is 1. The van der Waals surface area contributed by atoms with Crippen molar-refractivity contribution in [2.45, 2.75) is 6.42 Å². The van der Waals surface area contributed by atoms with Crippen molar-refractivity contribution in [2.24, 2.45) is 0 Å². The van der Waals surface area contributed by atoms with Gasteiger partial charge in [-0.3, -0.25) is 4.79 Å². The highest BCUT2D eigenvalue weighted by atomic mass is 16.1. The number of nitrogens with zero attached hydrogens (tertiary/aromatic N) is 1.